The molecular formula is C23H30N4. The van der Waals surface area contributed by atoms with Crippen molar-refractivity contribution in [1.82, 2.24) is 19.4 Å². The van der Waals surface area contributed by atoms with Crippen LogP contribution in [0.25, 0.3) is 11.0 Å². The lowest BCUT2D eigenvalue weighted by Crippen LogP contribution is -2.33. The minimum absolute atomic E-state index is 0.214. The zero-order valence-corrected chi connectivity index (χ0v) is 16.7. The van der Waals surface area contributed by atoms with Crippen molar-refractivity contribution in [2.45, 2.75) is 52.6 Å². The van der Waals surface area contributed by atoms with Crippen LogP contribution in [0.4, 0.5) is 0 Å². The van der Waals surface area contributed by atoms with E-state index in [-0.39, 0.29) is 5.41 Å². The molecule has 0 N–H and O–H groups in total. The van der Waals surface area contributed by atoms with Gasteiger partial charge in [-0.05, 0) is 48.9 Å². The zero-order valence-electron chi connectivity index (χ0n) is 16.7. The highest BCUT2D eigenvalue weighted by Gasteiger charge is 2.23. The summed E-state index contributed by atoms with van der Waals surface area (Å²) in [7, 11) is 0. The topological polar surface area (TPSA) is 34.0 Å². The first-order valence-corrected chi connectivity index (χ1v) is 10.0. The molecule has 0 bridgehead atoms. The van der Waals surface area contributed by atoms with Crippen LogP contribution in [-0.2, 0) is 13.1 Å². The average Bonchev–Trinajstić information content (AvgIpc) is 2.99. The predicted octanol–water partition coefficient (Wildman–Crippen LogP) is 4.86. The van der Waals surface area contributed by atoms with E-state index in [0.717, 1.165) is 37.2 Å². The SMILES string of the molecule is CC(C)(C)Cn1c(CN2CCC(c3ccccc3)CC2)cc2cncnc21. The van der Waals surface area contributed by atoms with Crippen LogP contribution in [0, 0.1) is 5.41 Å². The Kier molecular flexibility index (Phi) is 5.00. The number of fused-ring (bicyclic) bond motifs is 1. The van der Waals surface area contributed by atoms with E-state index in [1.165, 1.54) is 24.1 Å². The standard InChI is InChI=1S/C23H30N4/c1-23(2,3)16-27-21(13-20-14-24-17-25-22(20)27)15-26-11-9-19(10-12-26)18-7-5-4-6-8-18/h4-8,13-14,17,19H,9-12,15-16H2,1-3H3. The summed E-state index contributed by atoms with van der Waals surface area (Å²) in [6, 6.07) is 13.3. The van der Waals surface area contributed by atoms with Gasteiger partial charge in [-0.15, -0.1) is 0 Å². The van der Waals surface area contributed by atoms with Gasteiger partial charge >= 0.3 is 0 Å². The van der Waals surface area contributed by atoms with Crippen LogP contribution in [0.1, 0.15) is 50.8 Å². The minimum Gasteiger partial charge on any atom is -0.328 e. The number of aromatic nitrogens is 3. The van der Waals surface area contributed by atoms with Crippen LogP contribution < -0.4 is 0 Å². The summed E-state index contributed by atoms with van der Waals surface area (Å²) in [5.74, 6) is 0.703. The summed E-state index contributed by atoms with van der Waals surface area (Å²) < 4.78 is 2.40. The first-order valence-electron chi connectivity index (χ1n) is 10.0. The molecule has 0 saturated carbocycles. The highest BCUT2D eigenvalue weighted by molar-refractivity contribution is 5.76. The van der Waals surface area contributed by atoms with E-state index in [2.05, 4.69) is 76.6 Å². The van der Waals surface area contributed by atoms with E-state index in [1.54, 1.807) is 6.33 Å². The molecule has 4 nitrogen and oxygen atoms in total. The van der Waals surface area contributed by atoms with E-state index in [0.29, 0.717) is 5.92 Å². The van der Waals surface area contributed by atoms with Gasteiger partial charge in [-0.25, -0.2) is 9.97 Å². The van der Waals surface area contributed by atoms with E-state index >= 15 is 0 Å². The van der Waals surface area contributed by atoms with Gasteiger partial charge in [-0.3, -0.25) is 4.90 Å². The molecule has 27 heavy (non-hydrogen) atoms. The molecule has 4 rings (SSSR count). The maximum Gasteiger partial charge on any atom is 0.143 e. The van der Waals surface area contributed by atoms with Gasteiger partial charge in [0.1, 0.15) is 12.0 Å². The van der Waals surface area contributed by atoms with E-state index in [1.807, 2.05) is 6.20 Å². The molecule has 0 spiro atoms. The van der Waals surface area contributed by atoms with Crippen LogP contribution in [0.5, 0.6) is 0 Å². The van der Waals surface area contributed by atoms with Gasteiger partial charge in [0.05, 0.1) is 0 Å². The van der Waals surface area contributed by atoms with Gasteiger partial charge in [0.2, 0.25) is 0 Å². The molecule has 3 heterocycles. The third-order valence-corrected chi connectivity index (χ3v) is 5.52. The van der Waals surface area contributed by atoms with Crippen LogP contribution in [0.15, 0.2) is 48.9 Å². The Labute approximate surface area is 162 Å². The Morgan fingerprint density at radius 3 is 2.52 bits per heavy atom. The van der Waals surface area contributed by atoms with Crippen molar-refractivity contribution in [3.05, 3.63) is 60.2 Å². The molecule has 0 radical (unpaired) electrons. The summed E-state index contributed by atoms with van der Waals surface area (Å²) in [5.41, 5.74) is 4.13. The quantitative estimate of drug-likeness (QED) is 0.665. The van der Waals surface area contributed by atoms with Gasteiger partial charge < -0.3 is 4.57 Å². The number of hydrogen-bond donors (Lipinski definition) is 0. The maximum atomic E-state index is 4.56. The Hall–Kier alpha value is -2.20. The summed E-state index contributed by atoms with van der Waals surface area (Å²) >= 11 is 0. The van der Waals surface area contributed by atoms with Crippen LogP contribution in [-0.4, -0.2) is 32.5 Å². The number of hydrogen-bond acceptors (Lipinski definition) is 3. The number of piperidine rings is 1. The lowest BCUT2D eigenvalue weighted by Gasteiger charge is -2.32. The first-order chi connectivity index (χ1) is 13.0. The summed E-state index contributed by atoms with van der Waals surface area (Å²) in [6.07, 6.45) is 6.08. The lowest BCUT2D eigenvalue weighted by atomic mass is 9.89. The second kappa shape index (κ2) is 7.43. The van der Waals surface area contributed by atoms with Crippen LogP contribution in [0.2, 0.25) is 0 Å². The fraction of sp³-hybridized carbons (Fsp3) is 0.478. The molecule has 0 atom stereocenters. The largest absolute Gasteiger partial charge is 0.328 e. The summed E-state index contributed by atoms with van der Waals surface area (Å²) in [4.78, 5) is 11.4. The predicted molar refractivity (Wildman–Crippen MR) is 111 cm³/mol. The second-order valence-electron chi connectivity index (χ2n) is 9.05. The number of rotatable bonds is 4. The van der Waals surface area contributed by atoms with E-state index in [9.17, 15) is 0 Å². The van der Waals surface area contributed by atoms with Gasteiger partial charge in [-0.2, -0.15) is 0 Å². The zero-order chi connectivity index (χ0) is 18.9. The number of benzene rings is 1. The molecule has 0 aliphatic carbocycles. The minimum atomic E-state index is 0.214. The molecule has 1 aliphatic rings. The third-order valence-electron chi connectivity index (χ3n) is 5.52. The fourth-order valence-electron chi connectivity index (χ4n) is 4.22. The molecule has 4 heteroatoms. The summed E-state index contributed by atoms with van der Waals surface area (Å²) in [6.45, 7) is 11.1. The maximum absolute atomic E-state index is 4.56. The van der Waals surface area contributed by atoms with Gasteiger partial charge in [0, 0.05) is 30.4 Å². The Balaban J connectivity index is 1.50. The Bertz CT molecular complexity index is 884. The third kappa shape index (κ3) is 4.22. The second-order valence-corrected chi connectivity index (χ2v) is 9.05. The van der Waals surface area contributed by atoms with Crippen LogP contribution >= 0.6 is 0 Å². The van der Waals surface area contributed by atoms with Gasteiger partial charge in [0.15, 0.2) is 0 Å². The summed E-state index contributed by atoms with van der Waals surface area (Å²) in [5, 5.41) is 1.15. The molecule has 3 aromatic rings. The average molecular weight is 363 g/mol. The molecule has 1 aliphatic heterocycles. The smallest absolute Gasteiger partial charge is 0.143 e. The van der Waals surface area contributed by atoms with E-state index in [4.69, 9.17) is 0 Å². The van der Waals surface area contributed by atoms with Crippen molar-refractivity contribution in [1.29, 1.82) is 0 Å². The fourth-order valence-corrected chi connectivity index (χ4v) is 4.22. The highest BCUT2D eigenvalue weighted by atomic mass is 15.2. The highest BCUT2D eigenvalue weighted by Crippen LogP contribution is 2.30. The molecule has 0 amide bonds. The van der Waals surface area contributed by atoms with Crippen molar-refractivity contribution in [2.24, 2.45) is 5.41 Å². The van der Waals surface area contributed by atoms with Crippen molar-refractivity contribution < 1.29 is 0 Å². The molecule has 1 saturated heterocycles. The molecule has 1 fully saturated rings. The van der Waals surface area contributed by atoms with Crippen molar-refractivity contribution in [3.63, 3.8) is 0 Å². The van der Waals surface area contributed by atoms with Gasteiger partial charge in [-0.1, -0.05) is 51.1 Å². The molecule has 1 aromatic carbocycles. The van der Waals surface area contributed by atoms with Crippen molar-refractivity contribution in [3.8, 4) is 0 Å². The van der Waals surface area contributed by atoms with Crippen molar-refractivity contribution >= 4 is 11.0 Å². The number of nitrogens with zero attached hydrogens (tertiary/aromatic N) is 4. The first kappa shape index (κ1) is 18.2. The van der Waals surface area contributed by atoms with E-state index < -0.39 is 0 Å². The Morgan fingerprint density at radius 2 is 1.81 bits per heavy atom. The molecule has 142 valence electrons. The molecule has 0 unspecified atom stereocenters. The molecule has 2 aromatic heterocycles. The monoisotopic (exact) mass is 362 g/mol. The van der Waals surface area contributed by atoms with Gasteiger partial charge in [0.25, 0.3) is 0 Å². The van der Waals surface area contributed by atoms with Crippen LogP contribution in [0.3, 0.4) is 0 Å². The number of likely N-dealkylation sites (tertiary alicyclic amines) is 1. The lowest BCUT2D eigenvalue weighted by molar-refractivity contribution is 0.198. The normalized spacial score (nSPS) is 16.9. The van der Waals surface area contributed by atoms with Crippen molar-refractivity contribution in [2.75, 3.05) is 13.1 Å². The molecular weight excluding hydrogens is 332 g/mol. The Morgan fingerprint density at radius 1 is 1.07 bits per heavy atom.